The van der Waals surface area contributed by atoms with E-state index < -0.39 is 0 Å². The molecule has 0 saturated carbocycles. The number of amides is 1. The Hall–Kier alpha value is -0.530. The molecule has 0 aliphatic heterocycles. The Bertz CT molecular complexity index is 79.3. The number of hydrogen-bond donors (Lipinski definition) is 1. The molecular formula is C8H19NO. The second kappa shape index (κ2) is 8.47. The van der Waals surface area contributed by atoms with Gasteiger partial charge in [0.2, 0.25) is 5.91 Å². The standard InChI is InChI=1S/C5H11NO.C3H8/c1-4(2)6-5(3)7;1-3-2/h4H,1-3H3,(H,6,7);3H2,1-2H3. The summed E-state index contributed by atoms with van der Waals surface area (Å²) in [5.41, 5.74) is 0. The maximum Gasteiger partial charge on any atom is 0.217 e. The van der Waals surface area contributed by atoms with Gasteiger partial charge in [0.15, 0.2) is 0 Å². The van der Waals surface area contributed by atoms with Crippen LogP contribution in [0.1, 0.15) is 41.0 Å². The number of rotatable bonds is 1. The van der Waals surface area contributed by atoms with Crippen molar-refractivity contribution in [1.29, 1.82) is 0 Å². The summed E-state index contributed by atoms with van der Waals surface area (Å²) in [6.45, 7) is 9.63. The lowest BCUT2D eigenvalue weighted by atomic mass is 10.4. The van der Waals surface area contributed by atoms with Gasteiger partial charge < -0.3 is 5.32 Å². The van der Waals surface area contributed by atoms with Crippen molar-refractivity contribution >= 4 is 5.91 Å². The molecule has 1 amide bonds. The first-order chi connectivity index (χ1) is 4.54. The van der Waals surface area contributed by atoms with Crippen molar-refractivity contribution in [2.75, 3.05) is 0 Å². The van der Waals surface area contributed by atoms with Gasteiger partial charge >= 0.3 is 0 Å². The van der Waals surface area contributed by atoms with Crippen molar-refractivity contribution in [3.8, 4) is 0 Å². The van der Waals surface area contributed by atoms with Crippen LogP contribution in [-0.4, -0.2) is 11.9 Å². The molecule has 0 heterocycles. The van der Waals surface area contributed by atoms with Gasteiger partial charge in [-0.25, -0.2) is 0 Å². The third-order valence-electron chi connectivity index (χ3n) is 0.492. The first-order valence-corrected chi connectivity index (χ1v) is 3.81. The fourth-order valence-corrected chi connectivity index (χ4v) is 0.407. The minimum absolute atomic E-state index is 0.0370. The van der Waals surface area contributed by atoms with E-state index >= 15 is 0 Å². The summed E-state index contributed by atoms with van der Waals surface area (Å²) in [5.74, 6) is 0.0370. The van der Waals surface area contributed by atoms with Crippen molar-refractivity contribution in [2.45, 2.75) is 47.1 Å². The number of carbonyl (C=O) groups excluding carboxylic acids is 1. The molecule has 10 heavy (non-hydrogen) atoms. The second-order valence-corrected chi connectivity index (χ2v) is 2.56. The predicted molar refractivity (Wildman–Crippen MR) is 44.9 cm³/mol. The highest BCUT2D eigenvalue weighted by Crippen LogP contribution is 1.72. The normalized spacial score (nSPS) is 8.20. The third-order valence-corrected chi connectivity index (χ3v) is 0.492. The Labute approximate surface area is 64.0 Å². The maximum atomic E-state index is 10.1. The highest BCUT2D eigenvalue weighted by Gasteiger charge is 1.90. The molecule has 2 nitrogen and oxygen atoms in total. The minimum Gasteiger partial charge on any atom is -0.354 e. The van der Waals surface area contributed by atoms with Gasteiger partial charge in [0.25, 0.3) is 0 Å². The summed E-state index contributed by atoms with van der Waals surface area (Å²) >= 11 is 0. The predicted octanol–water partition coefficient (Wildman–Crippen LogP) is 1.95. The Morgan fingerprint density at radius 3 is 1.70 bits per heavy atom. The van der Waals surface area contributed by atoms with Crippen LogP contribution in [0.3, 0.4) is 0 Å². The average Bonchev–Trinajstić information content (AvgIpc) is 1.62. The zero-order valence-corrected chi connectivity index (χ0v) is 7.69. The molecule has 0 saturated heterocycles. The quantitative estimate of drug-likeness (QED) is 0.600. The van der Waals surface area contributed by atoms with Crippen molar-refractivity contribution in [3.05, 3.63) is 0 Å². The lowest BCUT2D eigenvalue weighted by Gasteiger charge is -2.02. The highest BCUT2D eigenvalue weighted by molar-refractivity contribution is 5.73. The molecule has 0 aromatic carbocycles. The van der Waals surface area contributed by atoms with Crippen molar-refractivity contribution in [1.82, 2.24) is 5.32 Å². The molecule has 0 fully saturated rings. The average molecular weight is 145 g/mol. The van der Waals surface area contributed by atoms with Gasteiger partial charge in [0, 0.05) is 13.0 Å². The second-order valence-electron chi connectivity index (χ2n) is 2.56. The summed E-state index contributed by atoms with van der Waals surface area (Å²) in [4.78, 5) is 10.1. The van der Waals surface area contributed by atoms with Gasteiger partial charge in [0.1, 0.15) is 0 Å². The SMILES string of the molecule is CC(=O)NC(C)C.CCC. The van der Waals surface area contributed by atoms with E-state index in [-0.39, 0.29) is 11.9 Å². The number of nitrogens with one attached hydrogen (secondary N) is 1. The van der Waals surface area contributed by atoms with E-state index in [0.29, 0.717) is 0 Å². The summed E-state index contributed by atoms with van der Waals surface area (Å²) in [5, 5.41) is 2.67. The van der Waals surface area contributed by atoms with Crippen LogP contribution < -0.4 is 5.32 Å². The summed E-state index contributed by atoms with van der Waals surface area (Å²) in [7, 11) is 0. The van der Waals surface area contributed by atoms with Gasteiger partial charge in [-0.1, -0.05) is 20.3 Å². The molecule has 0 spiro atoms. The van der Waals surface area contributed by atoms with E-state index in [0.717, 1.165) is 0 Å². The Kier molecular flexibility index (Phi) is 10.3. The summed E-state index contributed by atoms with van der Waals surface area (Å²) < 4.78 is 0. The Morgan fingerprint density at radius 1 is 1.40 bits per heavy atom. The fourth-order valence-electron chi connectivity index (χ4n) is 0.407. The zero-order chi connectivity index (χ0) is 8.57. The molecular weight excluding hydrogens is 126 g/mol. The molecule has 0 aromatic rings. The van der Waals surface area contributed by atoms with Crippen molar-refractivity contribution in [3.63, 3.8) is 0 Å². The lowest BCUT2D eigenvalue weighted by molar-refractivity contribution is -0.119. The molecule has 0 bridgehead atoms. The molecule has 0 radical (unpaired) electrons. The first-order valence-electron chi connectivity index (χ1n) is 3.81. The van der Waals surface area contributed by atoms with Crippen LogP contribution in [0.4, 0.5) is 0 Å². The molecule has 0 unspecified atom stereocenters. The van der Waals surface area contributed by atoms with Crippen LogP contribution in [-0.2, 0) is 4.79 Å². The monoisotopic (exact) mass is 145 g/mol. The van der Waals surface area contributed by atoms with Crippen LogP contribution in [0.2, 0.25) is 0 Å². The summed E-state index contributed by atoms with van der Waals surface area (Å²) in [6.07, 6.45) is 1.25. The Morgan fingerprint density at radius 2 is 1.70 bits per heavy atom. The van der Waals surface area contributed by atoms with E-state index in [9.17, 15) is 4.79 Å². The van der Waals surface area contributed by atoms with Crippen LogP contribution in [0.15, 0.2) is 0 Å². The van der Waals surface area contributed by atoms with Crippen LogP contribution >= 0.6 is 0 Å². The smallest absolute Gasteiger partial charge is 0.217 e. The molecule has 0 aromatic heterocycles. The first kappa shape index (κ1) is 12.2. The van der Waals surface area contributed by atoms with Gasteiger partial charge in [0.05, 0.1) is 0 Å². The third kappa shape index (κ3) is 26.0. The van der Waals surface area contributed by atoms with Gasteiger partial charge in [-0.3, -0.25) is 4.79 Å². The van der Waals surface area contributed by atoms with Crippen molar-refractivity contribution < 1.29 is 4.79 Å². The molecule has 0 aliphatic rings. The van der Waals surface area contributed by atoms with E-state index in [1.807, 2.05) is 13.8 Å². The molecule has 0 aliphatic carbocycles. The van der Waals surface area contributed by atoms with E-state index in [1.54, 1.807) is 0 Å². The Balaban J connectivity index is 0. The van der Waals surface area contributed by atoms with Crippen LogP contribution in [0.25, 0.3) is 0 Å². The molecule has 62 valence electrons. The van der Waals surface area contributed by atoms with Crippen LogP contribution in [0.5, 0.6) is 0 Å². The maximum absolute atomic E-state index is 10.1. The molecule has 1 N–H and O–H groups in total. The lowest BCUT2D eigenvalue weighted by Crippen LogP contribution is -2.27. The van der Waals surface area contributed by atoms with E-state index in [2.05, 4.69) is 19.2 Å². The topological polar surface area (TPSA) is 29.1 Å². The minimum atomic E-state index is 0.0370. The highest BCUT2D eigenvalue weighted by atomic mass is 16.1. The molecule has 0 atom stereocenters. The molecule has 0 rings (SSSR count). The zero-order valence-electron chi connectivity index (χ0n) is 7.69. The van der Waals surface area contributed by atoms with Crippen LogP contribution in [0, 0.1) is 0 Å². The number of carbonyl (C=O) groups is 1. The number of hydrogen-bond acceptors (Lipinski definition) is 1. The van der Waals surface area contributed by atoms with E-state index in [4.69, 9.17) is 0 Å². The van der Waals surface area contributed by atoms with Crippen molar-refractivity contribution in [2.24, 2.45) is 0 Å². The largest absolute Gasteiger partial charge is 0.354 e. The van der Waals surface area contributed by atoms with Gasteiger partial charge in [-0.05, 0) is 13.8 Å². The van der Waals surface area contributed by atoms with E-state index in [1.165, 1.54) is 13.3 Å². The molecule has 2 heteroatoms. The summed E-state index contributed by atoms with van der Waals surface area (Å²) in [6, 6.07) is 0.275. The van der Waals surface area contributed by atoms with Gasteiger partial charge in [-0.2, -0.15) is 0 Å². The van der Waals surface area contributed by atoms with Gasteiger partial charge in [-0.15, -0.1) is 0 Å². The fraction of sp³-hybridized carbons (Fsp3) is 0.875.